The lowest BCUT2D eigenvalue weighted by atomic mass is 9.99. The maximum atomic E-state index is 12.7. The Balaban J connectivity index is 1.66. The number of methoxy groups -OCH3 is 1. The van der Waals surface area contributed by atoms with E-state index in [1.54, 1.807) is 19.2 Å². The maximum absolute atomic E-state index is 12.7. The Hall–Kier alpha value is -3.79. The molecule has 0 saturated carbocycles. The summed E-state index contributed by atoms with van der Waals surface area (Å²) < 4.78 is 5.27. The van der Waals surface area contributed by atoms with Crippen LogP contribution in [0, 0.1) is 18.3 Å². The van der Waals surface area contributed by atoms with Crippen LogP contribution in [0.1, 0.15) is 11.1 Å². The van der Waals surface area contributed by atoms with E-state index in [1.807, 2.05) is 73.7 Å². The Morgan fingerprint density at radius 2 is 1.80 bits per heavy atom. The van der Waals surface area contributed by atoms with Crippen LogP contribution in [0.15, 0.2) is 83.9 Å². The monoisotopic (exact) mass is 499 g/mol. The molecule has 3 aromatic carbocycles. The zero-order valence-corrected chi connectivity index (χ0v) is 20.8. The van der Waals surface area contributed by atoms with Crippen LogP contribution in [0.5, 0.6) is 5.75 Å². The highest BCUT2D eigenvalue weighted by atomic mass is 35.5. The third-order valence-electron chi connectivity index (χ3n) is 5.36. The normalized spacial score (nSPS) is 10.5. The summed E-state index contributed by atoms with van der Waals surface area (Å²) >= 11 is 7.40. The quantitative estimate of drug-likeness (QED) is 0.277. The number of nitrogens with one attached hydrogen (secondary N) is 1. The molecule has 1 aromatic heterocycles. The van der Waals surface area contributed by atoms with E-state index in [1.165, 1.54) is 11.8 Å². The number of rotatable bonds is 7. The fourth-order valence-electron chi connectivity index (χ4n) is 3.49. The molecule has 0 atom stereocenters. The number of hydrogen-bond donors (Lipinski definition) is 1. The lowest BCUT2D eigenvalue weighted by Gasteiger charge is -2.13. The van der Waals surface area contributed by atoms with Gasteiger partial charge in [0.05, 0.1) is 24.1 Å². The summed E-state index contributed by atoms with van der Waals surface area (Å²) in [5, 5.41) is 14.0. The van der Waals surface area contributed by atoms with Crippen molar-refractivity contribution >= 4 is 35.0 Å². The lowest BCUT2D eigenvalue weighted by molar-refractivity contribution is -0.113. The van der Waals surface area contributed by atoms with Crippen LogP contribution in [-0.4, -0.2) is 23.8 Å². The topological polar surface area (TPSA) is 75.0 Å². The van der Waals surface area contributed by atoms with Crippen molar-refractivity contribution in [3.05, 3.63) is 95.0 Å². The summed E-state index contributed by atoms with van der Waals surface area (Å²) in [5.74, 6) is 0.623. The number of pyridine rings is 1. The molecule has 0 fully saturated rings. The predicted octanol–water partition coefficient (Wildman–Crippen LogP) is 6.99. The molecule has 7 heteroatoms. The molecule has 1 N–H and O–H groups in total. The Morgan fingerprint density at radius 3 is 2.46 bits per heavy atom. The van der Waals surface area contributed by atoms with Gasteiger partial charge in [0.1, 0.15) is 16.8 Å². The summed E-state index contributed by atoms with van der Waals surface area (Å²) in [5.41, 5.74) is 5.25. The molecule has 0 unspecified atom stereocenters. The number of anilines is 1. The van der Waals surface area contributed by atoms with Crippen molar-refractivity contribution in [3.8, 4) is 34.2 Å². The second-order valence-electron chi connectivity index (χ2n) is 7.74. The van der Waals surface area contributed by atoms with Gasteiger partial charge in [-0.1, -0.05) is 59.8 Å². The Kier molecular flexibility index (Phi) is 7.71. The molecule has 174 valence electrons. The van der Waals surface area contributed by atoms with Gasteiger partial charge < -0.3 is 10.1 Å². The number of nitrogens with zero attached hydrogens (tertiary/aromatic N) is 2. The Labute approximate surface area is 213 Å². The number of aryl methyl sites for hydroxylation is 1. The summed E-state index contributed by atoms with van der Waals surface area (Å²) in [6.07, 6.45) is 0. The first-order valence-corrected chi connectivity index (χ1v) is 12.2. The fraction of sp³-hybridized carbons (Fsp3) is 0.107. The van der Waals surface area contributed by atoms with Gasteiger partial charge in [0.15, 0.2) is 0 Å². The van der Waals surface area contributed by atoms with Crippen LogP contribution >= 0.6 is 23.4 Å². The molecule has 0 bridgehead atoms. The van der Waals surface area contributed by atoms with Gasteiger partial charge in [-0.05, 0) is 60.5 Å². The van der Waals surface area contributed by atoms with Gasteiger partial charge in [-0.15, -0.1) is 0 Å². The van der Waals surface area contributed by atoms with Gasteiger partial charge in [-0.25, -0.2) is 4.98 Å². The van der Waals surface area contributed by atoms with E-state index in [9.17, 15) is 10.1 Å². The van der Waals surface area contributed by atoms with Crippen LogP contribution in [0.25, 0.3) is 22.4 Å². The van der Waals surface area contributed by atoms with Crippen molar-refractivity contribution < 1.29 is 9.53 Å². The molecule has 4 rings (SSSR count). The number of nitriles is 1. The number of carbonyl (C=O) groups is 1. The lowest BCUT2D eigenvalue weighted by Crippen LogP contribution is -2.14. The van der Waals surface area contributed by atoms with Crippen LogP contribution in [0.2, 0.25) is 5.02 Å². The minimum absolute atomic E-state index is 0.0907. The summed E-state index contributed by atoms with van der Waals surface area (Å²) in [7, 11) is 1.62. The third-order valence-corrected chi connectivity index (χ3v) is 6.75. The molecule has 0 aliphatic heterocycles. The first-order valence-electron chi connectivity index (χ1n) is 10.8. The number of ether oxygens (including phenoxy) is 1. The van der Waals surface area contributed by atoms with Crippen molar-refractivity contribution in [1.29, 1.82) is 5.26 Å². The van der Waals surface area contributed by atoms with E-state index in [-0.39, 0.29) is 11.7 Å². The molecule has 4 aromatic rings. The van der Waals surface area contributed by atoms with Crippen LogP contribution in [-0.2, 0) is 4.79 Å². The van der Waals surface area contributed by atoms with Gasteiger partial charge in [-0.3, -0.25) is 4.79 Å². The van der Waals surface area contributed by atoms with Crippen LogP contribution in [0.4, 0.5) is 5.69 Å². The number of benzene rings is 3. The van der Waals surface area contributed by atoms with E-state index < -0.39 is 0 Å². The zero-order chi connectivity index (χ0) is 24.8. The molecule has 5 nitrogen and oxygen atoms in total. The van der Waals surface area contributed by atoms with Crippen molar-refractivity contribution in [2.24, 2.45) is 0 Å². The number of carbonyl (C=O) groups excluding carboxylic acids is 1. The minimum Gasteiger partial charge on any atom is -0.497 e. The van der Waals surface area contributed by atoms with Crippen molar-refractivity contribution in [1.82, 2.24) is 4.98 Å². The fourth-order valence-corrected chi connectivity index (χ4v) is 4.47. The standard InChI is InChI=1S/C28H22ClN3O2S/c1-18-8-11-21(14-25(18)29)31-27(33)17-35-28-24(16-30)23(19-6-4-3-5-7-19)15-26(32-28)20-9-12-22(34-2)13-10-20/h3-15H,17H2,1-2H3,(H,31,33). The number of hydrogen-bond acceptors (Lipinski definition) is 5. The average molecular weight is 500 g/mol. The molecular formula is C28H22ClN3O2S. The highest BCUT2D eigenvalue weighted by Crippen LogP contribution is 2.34. The van der Waals surface area contributed by atoms with Crippen molar-refractivity contribution in [3.63, 3.8) is 0 Å². The van der Waals surface area contributed by atoms with Gasteiger partial charge in [-0.2, -0.15) is 5.26 Å². The van der Waals surface area contributed by atoms with Crippen LogP contribution < -0.4 is 10.1 Å². The molecular weight excluding hydrogens is 478 g/mol. The van der Waals surface area contributed by atoms with Crippen molar-refractivity contribution in [2.45, 2.75) is 11.9 Å². The van der Waals surface area contributed by atoms with Gasteiger partial charge in [0, 0.05) is 21.8 Å². The van der Waals surface area contributed by atoms with Crippen LogP contribution in [0.3, 0.4) is 0 Å². The largest absolute Gasteiger partial charge is 0.497 e. The second-order valence-corrected chi connectivity index (χ2v) is 9.11. The minimum atomic E-state index is -0.211. The number of amides is 1. The molecule has 0 aliphatic carbocycles. The Morgan fingerprint density at radius 1 is 1.06 bits per heavy atom. The SMILES string of the molecule is COc1ccc(-c2cc(-c3ccccc3)c(C#N)c(SCC(=O)Nc3ccc(C)c(Cl)c3)n2)cc1. The molecule has 0 saturated heterocycles. The molecule has 1 amide bonds. The zero-order valence-electron chi connectivity index (χ0n) is 19.2. The molecule has 1 heterocycles. The van der Waals surface area contributed by atoms with Gasteiger partial charge in [0.25, 0.3) is 0 Å². The molecule has 0 spiro atoms. The predicted molar refractivity (Wildman–Crippen MR) is 142 cm³/mol. The van der Waals surface area contributed by atoms with E-state index in [0.717, 1.165) is 28.0 Å². The molecule has 35 heavy (non-hydrogen) atoms. The first kappa shape index (κ1) is 24.3. The van der Waals surface area contributed by atoms with Gasteiger partial charge >= 0.3 is 0 Å². The molecule has 0 aliphatic rings. The smallest absolute Gasteiger partial charge is 0.234 e. The second kappa shape index (κ2) is 11.1. The van der Waals surface area contributed by atoms with E-state index >= 15 is 0 Å². The number of aromatic nitrogens is 1. The van der Waals surface area contributed by atoms with E-state index in [2.05, 4.69) is 11.4 Å². The highest BCUT2D eigenvalue weighted by Gasteiger charge is 2.17. The number of thioether (sulfide) groups is 1. The van der Waals surface area contributed by atoms with E-state index in [0.29, 0.717) is 27.0 Å². The van der Waals surface area contributed by atoms with Gasteiger partial charge in [0.2, 0.25) is 5.91 Å². The summed E-state index contributed by atoms with van der Waals surface area (Å²) in [6.45, 7) is 1.90. The maximum Gasteiger partial charge on any atom is 0.234 e. The summed E-state index contributed by atoms with van der Waals surface area (Å²) in [4.78, 5) is 17.4. The van der Waals surface area contributed by atoms with E-state index in [4.69, 9.17) is 21.3 Å². The average Bonchev–Trinajstić information content (AvgIpc) is 2.89. The van der Waals surface area contributed by atoms with Crippen molar-refractivity contribution in [2.75, 3.05) is 18.2 Å². The highest BCUT2D eigenvalue weighted by molar-refractivity contribution is 8.00. The molecule has 0 radical (unpaired) electrons. The Bertz CT molecular complexity index is 1400. The third kappa shape index (κ3) is 5.83. The number of halogens is 1. The first-order chi connectivity index (χ1) is 17.0. The summed E-state index contributed by atoms with van der Waals surface area (Å²) in [6, 6.07) is 26.8.